The molecule has 3 rings (SSSR count). The van der Waals surface area contributed by atoms with E-state index in [1.54, 1.807) is 43.5 Å². The van der Waals surface area contributed by atoms with Crippen molar-refractivity contribution in [1.29, 1.82) is 0 Å². The van der Waals surface area contributed by atoms with Crippen molar-refractivity contribution in [3.63, 3.8) is 0 Å². The average molecular weight is 284 g/mol. The molecule has 0 bridgehead atoms. The Morgan fingerprint density at radius 3 is 2.76 bits per heavy atom. The van der Waals surface area contributed by atoms with Gasteiger partial charge in [0.15, 0.2) is 0 Å². The maximum Gasteiger partial charge on any atom is 0.127 e. The first-order chi connectivity index (χ1) is 10.2. The molecule has 1 aromatic carbocycles. The standard InChI is InChI=1S/C15H16N4O2/c1-20-10-3-4-11(14(7-10)21-2)15(16)12-8-18-19-6-5-17-9-13(12)19/h3-9,15H,16H2,1-2H3. The molecule has 0 saturated carbocycles. The third-order valence-electron chi connectivity index (χ3n) is 3.47. The molecule has 0 saturated heterocycles. The van der Waals surface area contributed by atoms with E-state index in [0.29, 0.717) is 5.75 Å². The molecule has 108 valence electrons. The molecule has 1 atom stereocenters. The molecule has 0 radical (unpaired) electrons. The zero-order chi connectivity index (χ0) is 14.8. The van der Waals surface area contributed by atoms with Crippen LogP contribution in [0.4, 0.5) is 0 Å². The van der Waals surface area contributed by atoms with E-state index in [4.69, 9.17) is 15.2 Å². The molecule has 0 spiro atoms. The van der Waals surface area contributed by atoms with Gasteiger partial charge >= 0.3 is 0 Å². The quantitative estimate of drug-likeness (QED) is 0.790. The summed E-state index contributed by atoms with van der Waals surface area (Å²) in [6.07, 6.45) is 6.98. The van der Waals surface area contributed by atoms with Crippen molar-refractivity contribution in [1.82, 2.24) is 14.6 Å². The highest BCUT2D eigenvalue weighted by Crippen LogP contribution is 2.32. The van der Waals surface area contributed by atoms with E-state index in [0.717, 1.165) is 22.4 Å². The van der Waals surface area contributed by atoms with Crippen LogP contribution in [-0.4, -0.2) is 28.8 Å². The Hall–Kier alpha value is -2.60. The third kappa shape index (κ3) is 2.30. The minimum absolute atomic E-state index is 0.354. The van der Waals surface area contributed by atoms with E-state index in [1.807, 2.05) is 18.2 Å². The first-order valence-electron chi connectivity index (χ1n) is 6.49. The fraction of sp³-hybridized carbons (Fsp3) is 0.200. The predicted molar refractivity (Wildman–Crippen MR) is 78.6 cm³/mol. The summed E-state index contributed by atoms with van der Waals surface area (Å²) in [5, 5.41) is 4.29. The van der Waals surface area contributed by atoms with Crippen LogP contribution in [0, 0.1) is 0 Å². The van der Waals surface area contributed by atoms with Gasteiger partial charge in [0.25, 0.3) is 0 Å². The molecule has 0 aliphatic rings. The highest BCUT2D eigenvalue weighted by Gasteiger charge is 2.18. The van der Waals surface area contributed by atoms with Gasteiger partial charge in [0.1, 0.15) is 11.5 Å². The average Bonchev–Trinajstić information content (AvgIpc) is 2.97. The topological polar surface area (TPSA) is 74.7 Å². The molecule has 6 nitrogen and oxygen atoms in total. The number of methoxy groups -OCH3 is 2. The van der Waals surface area contributed by atoms with Gasteiger partial charge in [-0.3, -0.25) is 4.98 Å². The minimum atomic E-state index is -0.354. The van der Waals surface area contributed by atoms with Gasteiger partial charge in [-0.15, -0.1) is 0 Å². The van der Waals surface area contributed by atoms with Gasteiger partial charge in [0.05, 0.1) is 38.2 Å². The van der Waals surface area contributed by atoms with Gasteiger partial charge in [0, 0.05) is 29.6 Å². The maximum absolute atomic E-state index is 6.39. The predicted octanol–water partition coefficient (Wildman–Crippen LogP) is 1.79. The van der Waals surface area contributed by atoms with Crippen molar-refractivity contribution >= 4 is 5.52 Å². The molecule has 6 heteroatoms. The lowest BCUT2D eigenvalue weighted by molar-refractivity contribution is 0.390. The molecule has 2 heterocycles. The van der Waals surface area contributed by atoms with Crippen LogP contribution < -0.4 is 15.2 Å². The summed E-state index contributed by atoms with van der Waals surface area (Å²) in [5.74, 6) is 1.41. The normalized spacial score (nSPS) is 12.3. The molecule has 0 aliphatic carbocycles. The molecule has 2 N–H and O–H groups in total. The summed E-state index contributed by atoms with van der Waals surface area (Å²) in [4.78, 5) is 4.12. The zero-order valence-electron chi connectivity index (χ0n) is 11.9. The number of nitrogens with two attached hydrogens (primary N) is 1. The van der Waals surface area contributed by atoms with Crippen molar-refractivity contribution in [2.24, 2.45) is 5.73 Å². The second-order valence-corrected chi connectivity index (χ2v) is 4.59. The number of nitrogens with zero attached hydrogens (tertiary/aromatic N) is 3. The molecule has 21 heavy (non-hydrogen) atoms. The SMILES string of the molecule is COc1ccc(C(N)c2cnn3ccncc23)c(OC)c1. The molecular formula is C15H16N4O2. The molecule has 0 aliphatic heterocycles. The number of hydrogen-bond acceptors (Lipinski definition) is 5. The summed E-state index contributed by atoms with van der Waals surface area (Å²) in [6.45, 7) is 0. The number of aromatic nitrogens is 3. The molecule has 0 amide bonds. The van der Waals surface area contributed by atoms with Gasteiger partial charge < -0.3 is 15.2 Å². The summed E-state index contributed by atoms with van der Waals surface area (Å²) in [5.41, 5.74) is 9.04. The Kier molecular flexibility index (Phi) is 3.45. The van der Waals surface area contributed by atoms with Gasteiger partial charge in [-0.2, -0.15) is 5.10 Å². The van der Waals surface area contributed by atoms with Crippen LogP contribution >= 0.6 is 0 Å². The lowest BCUT2D eigenvalue weighted by Gasteiger charge is -2.16. The Morgan fingerprint density at radius 2 is 2.00 bits per heavy atom. The van der Waals surface area contributed by atoms with E-state index < -0.39 is 0 Å². The van der Waals surface area contributed by atoms with E-state index >= 15 is 0 Å². The van der Waals surface area contributed by atoms with Gasteiger partial charge in [-0.1, -0.05) is 0 Å². The highest BCUT2D eigenvalue weighted by atomic mass is 16.5. The van der Waals surface area contributed by atoms with Gasteiger partial charge in [0.2, 0.25) is 0 Å². The van der Waals surface area contributed by atoms with Crippen LogP contribution in [0.2, 0.25) is 0 Å². The second kappa shape index (κ2) is 5.41. The maximum atomic E-state index is 6.39. The van der Waals surface area contributed by atoms with Crippen LogP contribution in [0.3, 0.4) is 0 Å². The van der Waals surface area contributed by atoms with Crippen LogP contribution in [0.25, 0.3) is 5.52 Å². The van der Waals surface area contributed by atoms with Crippen LogP contribution in [0.5, 0.6) is 11.5 Å². The van der Waals surface area contributed by atoms with Crippen molar-refractivity contribution in [2.75, 3.05) is 14.2 Å². The number of fused-ring (bicyclic) bond motifs is 1. The van der Waals surface area contributed by atoms with Crippen molar-refractivity contribution in [3.8, 4) is 11.5 Å². The largest absolute Gasteiger partial charge is 0.497 e. The van der Waals surface area contributed by atoms with Crippen molar-refractivity contribution < 1.29 is 9.47 Å². The Balaban J connectivity index is 2.07. The monoisotopic (exact) mass is 284 g/mol. The lowest BCUT2D eigenvalue weighted by atomic mass is 10.00. The van der Waals surface area contributed by atoms with E-state index in [-0.39, 0.29) is 6.04 Å². The summed E-state index contributed by atoms with van der Waals surface area (Å²) in [7, 11) is 3.23. The Morgan fingerprint density at radius 1 is 1.14 bits per heavy atom. The van der Waals surface area contributed by atoms with Crippen LogP contribution in [0.15, 0.2) is 43.0 Å². The summed E-state index contributed by atoms with van der Waals surface area (Å²) in [6, 6.07) is 5.23. The molecule has 0 fully saturated rings. The number of rotatable bonds is 4. The summed E-state index contributed by atoms with van der Waals surface area (Å²) >= 11 is 0. The number of ether oxygens (including phenoxy) is 2. The van der Waals surface area contributed by atoms with Crippen LogP contribution in [-0.2, 0) is 0 Å². The van der Waals surface area contributed by atoms with Gasteiger partial charge in [-0.25, -0.2) is 4.52 Å². The zero-order valence-corrected chi connectivity index (χ0v) is 11.9. The Bertz CT molecular complexity index is 769. The smallest absolute Gasteiger partial charge is 0.127 e. The highest BCUT2D eigenvalue weighted by molar-refractivity contribution is 5.57. The number of benzene rings is 1. The second-order valence-electron chi connectivity index (χ2n) is 4.59. The molecular weight excluding hydrogens is 268 g/mol. The van der Waals surface area contributed by atoms with Crippen molar-refractivity contribution in [2.45, 2.75) is 6.04 Å². The molecule has 3 aromatic rings. The first kappa shape index (κ1) is 13.4. The van der Waals surface area contributed by atoms with Crippen molar-refractivity contribution in [3.05, 3.63) is 54.1 Å². The fourth-order valence-corrected chi connectivity index (χ4v) is 2.34. The molecule has 2 aromatic heterocycles. The van der Waals surface area contributed by atoms with E-state index in [2.05, 4.69) is 10.1 Å². The first-order valence-corrected chi connectivity index (χ1v) is 6.49. The van der Waals surface area contributed by atoms with E-state index in [9.17, 15) is 0 Å². The summed E-state index contributed by atoms with van der Waals surface area (Å²) < 4.78 is 12.4. The van der Waals surface area contributed by atoms with E-state index in [1.165, 1.54) is 0 Å². The van der Waals surface area contributed by atoms with Gasteiger partial charge in [-0.05, 0) is 12.1 Å². The number of hydrogen-bond donors (Lipinski definition) is 1. The Labute approximate surface area is 122 Å². The minimum Gasteiger partial charge on any atom is -0.497 e. The molecule has 1 unspecified atom stereocenters. The fourth-order valence-electron chi connectivity index (χ4n) is 2.34. The third-order valence-corrected chi connectivity index (χ3v) is 3.47. The lowest BCUT2D eigenvalue weighted by Crippen LogP contribution is -2.13. The van der Waals surface area contributed by atoms with Crippen LogP contribution in [0.1, 0.15) is 17.2 Å².